The number of hydrogen-bond acceptors (Lipinski definition) is 5. The molecule has 0 fully saturated rings. The van der Waals surface area contributed by atoms with Crippen LogP contribution in [0.3, 0.4) is 0 Å². The zero-order valence-electron chi connectivity index (χ0n) is 35.2. The molecular weight excluding hydrogens is 669 g/mol. The van der Waals surface area contributed by atoms with E-state index in [2.05, 4.69) is 93.7 Å². The fourth-order valence-corrected chi connectivity index (χ4v) is 5.68. The highest BCUT2D eigenvalue weighted by Crippen LogP contribution is 2.12. The van der Waals surface area contributed by atoms with Crippen LogP contribution < -0.4 is 0 Å². The van der Waals surface area contributed by atoms with Crippen LogP contribution in [-0.2, 0) is 23.8 Å². The molecule has 1 unspecified atom stereocenters. The largest absolute Gasteiger partial charge is 0.461 e. The van der Waals surface area contributed by atoms with Gasteiger partial charge >= 0.3 is 11.9 Å². The van der Waals surface area contributed by atoms with Crippen molar-refractivity contribution in [3.8, 4) is 0 Å². The van der Waals surface area contributed by atoms with E-state index in [4.69, 9.17) is 14.2 Å². The highest BCUT2D eigenvalue weighted by molar-refractivity contribution is 5.71. The zero-order chi connectivity index (χ0) is 39.3. The Hall–Kier alpha value is -2.92. The number of rotatable bonds is 39. The molecular formula is C49H82O5. The number of esters is 2. The zero-order valence-corrected chi connectivity index (χ0v) is 35.2. The maximum absolute atomic E-state index is 12.7. The molecule has 0 aromatic heterocycles. The summed E-state index contributed by atoms with van der Waals surface area (Å²) in [5, 5.41) is 0. The van der Waals surface area contributed by atoms with Gasteiger partial charge in [0, 0.05) is 13.0 Å². The number of hydrogen-bond donors (Lipinski definition) is 0. The van der Waals surface area contributed by atoms with Crippen LogP contribution in [0, 0.1) is 0 Å². The highest BCUT2D eigenvalue weighted by Gasteiger charge is 2.17. The van der Waals surface area contributed by atoms with Gasteiger partial charge in [-0.05, 0) is 70.6 Å². The standard InChI is InChI=1S/C49H82O5/c1-4-7-10-13-16-19-22-24-25-27-28-30-33-36-39-42-48(50)53-46-47(45-52-44-41-38-35-32-21-18-15-12-9-6-3)54-49(51)43-40-37-34-31-29-26-23-20-17-14-11-8-5-2/h7,10-11,14,16,19-20,23-25,28,30,36,39,47H,4-6,8-9,12-13,15,17-18,21-22,26-27,29,31-35,37-38,40-46H2,1-3H3/b10-7-,14-11-,19-16-,23-20-,25-24-,30-28-,39-36-. The third kappa shape index (κ3) is 41.8. The van der Waals surface area contributed by atoms with Crippen LogP contribution in [0.2, 0.25) is 0 Å². The average molecular weight is 751 g/mol. The van der Waals surface area contributed by atoms with Crippen molar-refractivity contribution in [3.63, 3.8) is 0 Å². The van der Waals surface area contributed by atoms with Crippen LogP contribution >= 0.6 is 0 Å². The molecule has 1 atom stereocenters. The Balaban J connectivity index is 4.41. The summed E-state index contributed by atoms with van der Waals surface area (Å²) in [5.74, 6) is -0.564. The Morgan fingerprint density at radius 1 is 0.444 bits per heavy atom. The smallest absolute Gasteiger partial charge is 0.309 e. The van der Waals surface area contributed by atoms with E-state index in [1.165, 1.54) is 70.6 Å². The van der Waals surface area contributed by atoms with Gasteiger partial charge in [-0.15, -0.1) is 0 Å². The lowest BCUT2D eigenvalue weighted by atomic mass is 10.1. The van der Waals surface area contributed by atoms with E-state index in [9.17, 15) is 9.59 Å². The number of ether oxygens (including phenoxy) is 3. The lowest BCUT2D eigenvalue weighted by Crippen LogP contribution is -2.30. The molecule has 5 heteroatoms. The van der Waals surface area contributed by atoms with Crippen molar-refractivity contribution in [1.29, 1.82) is 0 Å². The van der Waals surface area contributed by atoms with Gasteiger partial charge in [0.05, 0.1) is 13.0 Å². The van der Waals surface area contributed by atoms with E-state index in [1.54, 1.807) is 0 Å². The first-order valence-corrected chi connectivity index (χ1v) is 22.1. The van der Waals surface area contributed by atoms with E-state index < -0.39 is 6.10 Å². The van der Waals surface area contributed by atoms with Crippen LogP contribution in [0.5, 0.6) is 0 Å². The summed E-state index contributed by atoms with van der Waals surface area (Å²) in [6.45, 7) is 7.51. The summed E-state index contributed by atoms with van der Waals surface area (Å²) in [4.78, 5) is 25.1. The maximum atomic E-state index is 12.7. The Morgan fingerprint density at radius 3 is 1.50 bits per heavy atom. The van der Waals surface area contributed by atoms with Gasteiger partial charge in [0.2, 0.25) is 0 Å². The quantitative estimate of drug-likeness (QED) is 0.0356. The van der Waals surface area contributed by atoms with Crippen molar-refractivity contribution >= 4 is 11.9 Å². The van der Waals surface area contributed by atoms with Crippen molar-refractivity contribution < 1.29 is 23.8 Å². The maximum Gasteiger partial charge on any atom is 0.309 e. The average Bonchev–Trinajstić information content (AvgIpc) is 3.17. The summed E-state index contributed by atoms with van der Waals surface area (Å²) in [7, 11) is 0. The van der Waals surface area contributed by atoms with Crippen LogP contribution in [0.1, 0.15) is 188 Å². The second-order valence-electron chi connectivity index (χ2n) is 14.2. The van der Waals surface area contributed by atoms with Gasteiger partial charge in [-0.3, -0.25) is 9.59 Å². The second-order valence-corrected chi connectivity index (χ2v) is 14.2. The van der Waals surface area contributed by atoms with Gasteiger partial charge in [-0.2, -0.15) is 0 Å². The fourth-order valence-electron chi connectivity index (χ4n) is 5.68. The van der Waals surface area contributed by atoms with Crippen LogP contribution in [0.25, 0.3) is 0 Å². The Kier molecular flexibility index (Phi) is 42.1. The van der Waals surface area contributed by atoms with Crippen molar-refractivity contribution in [2.45, 2.75) is 194 Å². The van der Waals surface area contributed by atoms with Gasteiger partial charge in [-0.25, -0.2) is 0 Å². The minimum absolute atomic E-state index is 0.0230. The fraction of sp³-hybridized carbons (Fsp3) is 0.673. The molecule has 0 saturated carbocycles. The van der Waals surface area contributed by atoms with E-state index in [-0.39, 0.29) is 31.6 Å². The summed E-state index contributed by atoms with van der Waals surface area (Å²) in [6, 6.07) is 0. The van der Waals surface area contributed by atoms with Crippen molar-refractivity contribution in [2.75, 3.05) is 19.8 Å². The van der Waals surface area contributed by atoms with E-state index >= 15 is 0 Å². The molecule has 0 aliphatic rings. The van der Waals surface area contributed by atoms with E-state index in [0.29, 0.717) is 13.0 Å². The first kappa shape index (κ1) is 51.1. The molecule has 0 radical (unpaired) electrons. The Bertz CT molecular complexity index is 1030. The molecule has 308 valence electrons. The topological polar surface area (TPSA) is 61.8 Å². The molecule has 0 heterocycles. The number of allylic oxidation sites excluding steroid dienone is 13. The first-order chi connectivity index (χ1) is 26.6. The third-order valence-corrected chi connectivity index (χ3v) is 8.93. The highest BCUT2D eigenvalue weighted by atomic mass is 16.6. The van der Waals surface area contributed by atoms with Gasteiger partial charge < -0.3 is 14.2 Å². The monoisotopic (exact) mass is 751 g/mol. The summed E-state index contributed by atoms with van der Waals surface area (Å²) in [6.07, 6.45) is 57.4. The normalized spacial score (nSPS) is 13.0. The van der Waals surface area contributed by atoms with Crippen molar-refractivity contribution in [3.05, 3.63) is 85.1 Å². The summed E-state index contributed by atoms with van der Waals surface area (Å²) < 4.78 is 17.2. The molecule has 0 bridgehead atoms. The third-order valence-electron chi connectivity index (χ3n) is 8.93. The van der Waals surface area contributed by atoms with Crippen LogP contribution in [-0.4, -0.2) is 37.9 Å². The molecule has 0 aliphatic carbocycles. The van der Waals surface area contributed by atoms with Crippen LogP contribution in [0.4, 0.5) is 0 Å². The molecule has 0 N–H and O–H groups in total. The number of carbonyl (C=O) groups is 2. The van der Waals surface area contributed by atoms with Crippen LogP contribution in [0.15, 0.2) is 85.1 Å². The molecule has 5 nitrogen and oxygen atoms in total. The number of carbonyl (C=O) groups excluding carboxylic acids is 2. The van der Waals surface area contributed by atoms with Gasteiger partial charge in [-0.1, -0.05) is 189 Å². The summed E-state index contributed by atoms with van der Waals surface area (Å²) >= 11 is 0. The lowest BCUT2D eigenvalue weighted by Gasteiger charge is -2.18. The second kappa shape index (κ2) is 44.5. The first-order valence-electron chi connectivity index (χ1n) is 22.1. The SMILES string of the molecule is CC/C=C\C/C=C\C/C=C\C/C=C\C/C=C\CC(=O)OCC(COCCCCCCCCCCCC)OC(=O)CCCCCCC/C=C\C/C=C\CCC. The van der Waals surface area contributed by atoms with Crippen molar-refractivity contribution in [1.82, 2.24) is 0 Å². The molecule has 0 aromatic rings. The molecule has 0 aromatic carbocycles. The predicted molar refractivity (Wildman–Crippen MR) is 233 cm³/mol. The Labute approximate surface area is 333 Å². The lowest BCUT2D eigenvalue weighted by molar-refractivity contribution is -0.162. The molecule has 0 amide bonds. The van der Waals surface area contributed by atoms with Crippen molar-refractivity contribution in [2.24, 2.45) is 0 Å². The predicted octanol–water partition coefficient (Wildman–Crippen LogP) is 14.6. The van der Waals surface area contributed by atoms with Gasteiger partial charge in [0.1, 0.15) is 6.61 Å². The Morgan fingerprint density at radius 2 is 0.926 bits per heavy atom. The van der Waals surface area contributed by atoms with E-state index in [0.717, 1.165) is 83.5 Å². The van der Waals surface area contributed by atoms with E-state index in [1.807, 2.05) is 12.2 Å². The summed E-state index contributed by atoms with van der Waals surface area (Å²) in [5.41, 5.74) is 0. The molecule has 0 saturated heterocycles. The molecule has 54 heavy (non-hydrogen) atoms. The minimum atomic E-state index is -0.582. The van der Waals surface area contributed by atoms with Gasteiger partial charge in [0.25, 0.3) is 0 Å². The molecule has 0 spiro atoms. The minimum Gasteiger partial charge on any atom is -0.461 e. The number of unbranched alkanes of at least 4 members (excludes halogenated alkanes) is 15. The molecule has 0 aliphatic heterocycles. The molecule has 0 rings (SSSR count). The van der Waals surface area contributed by atoms with Gasteiger partial charge in [0.15, 0.2) is 6.10 Å².